The Morgan fingerprint density at radius 1 is 1.15 bits per heavy atom. The van der Waals surface area contributed by atoms with Crippen LogP contribution < -0.4 is 5.73 Å². The smallest absolute Gasteiger partial charge is 0.371 e. The molecule has 0 aliphatic carbocycles. The number of rotatable bonds is 4. The normalized spacial score (nSPS) is 11.5. The topological polar surface area (TPSA) is 104 Å². The molecule has 0 unspecified atom stereocenters. The first kappa shape index (κ1) is 18.9. The summed E-state index contributed by atoms with van der Waals surface area (Å²) in [5, 5.41) is 8.18. The van der Waals surface area contributed by atoms with Crippen molar-refractivity contribution in [3.8, 4) is 11.3 Å². The predicted molar refractivity (Wildman–Crippen MR) is 102 cm³/mol. The van der Waals surface area contributed by atoms with Crippen LogP contribution in [0, 0.1) is 13.8 Å². The third-order valence-corrected chi connectivity index (χ3v) is 4.27. The molecular formula is C18H14Cl2N4O3. The van der Waals surface area contributed by atoms with Gasteiger partial charge in [-0.25, -0.2) is 9.78 Å². The number of carbonyl (C=O) groups excluding carboxylic acids is 1. The van der Waals surface area contributed by atoms with E-state index in [4.69, 9.17) is 38.3 Å². The molecule has 138 valence electrons. The van der Waals surface area contributed by atoms with Gasteiger partial charge in [0.15, 0.2) is 5.84 Å². The zero-order chi connectivity index (χ0) is 19.6. The molecule has 0 aliphatic rings. The monoisotopic (exact) mass is 404 g/mol. The number of oxime groups is 1. The van der Waals surface area contributed by atoms with E-state index >= 15 is 0 Å². The summed E-state index contributed by atoms with van der Waals surface area (Å²) >= 11 is 12.4. The van der Waals surface area contributed by atoms with Crippen molar-refractivity contribution in [3.63, 3.8) is 0 Å². The molecule has 0 aliphatic heterocycles. The minimum atomic E-state index is -0.810. The molecule has 9 heteroatoms. The van der Waals surface area contributed by atoms with Crippen molar-refractivity contribution in [2.45, 2.75) is 13.8 Å². The fourth-order valence-electron chi connectivity index (χ4n) is 2.38. The number of aryl methyl sites for hydroxylation is 2. The van der Waals surface area contributed by atoms with E-state index in [0.29, 0.717) is 21.3 Å². The van der Waals surface area contributed by atoms with E-state index in [-0.39, 0.29) is 22.9 Å². The average molecular weight is 405 g/mol. The Balaban J connectivity index is 1.92. The zero-order valence-electron chi connectivity index (χ0n) is 14.4. The van der Waals surface area contributed by atoms with Crippen LogP contribution in [0.5, 0.6) is 0 Å². The molecule has 0 saturated carbocycles. The van der Waals surface area contributed by atoms with Crippen LogP contribution in [0.4, 0.5) is 0 Å². The molecular weight excluding hydrogens is 391 g/mol. The molecule has 0 radical (unpaired) electrons. The highest BCUT2D eigenvalue weighted by atomic mass is 35.5. The summed E-state index contributed by atoms with van der Waals surface area (Å²) < 4.78 is 5.13. The van der Waals surface area contributed by atoms with Gasteiger partial charge in [0, 0.05) is 11.3 Å². The van der Waals surface area contributed by atoms with Crippen LogP contribution in [0.3, 0.4) is 0 Å². The predicted octanol–water partition coefficient (Wildman–Crippen LogP) is 4.14. The lowest BCUT2D eigenvalue weighted by molar-refractivity contribution is 0.0515. The summed E-state index contributed by atoms with van der Waals surface area (Å²) in [6.45, 7) is 3.37. The Bertz CT molecular complexity index is 1030. The maximum Gasteiger partial charge on any atom is 0.371 e. The number of hydrogen-bond acceptors (Lipinski definition) is 6. The van der Waals surface area contributed by atoms with Crippen LogP contribution in [0.2, 0.25) is 10.0 Å². The van der Waals surface area contributed by atoms with Crippen LogP contribution in [-0.4, -0.2) is 21.9 Å². The maximum absolute atomic E-state index is 12.6. The van der Waals surface area contributed by atoms with Crippen molar-refractivity contribution in [3.05, 3.63) is 69.2 Å². The number of amidine groups is 1. The second-order valence-corrected chi connectivity index (χ2v) is 6.39. The summed E-state index contributed by atoms with van der Waals surface area (Å²) in [6.07, 6.45) is 0. The fourth-order valence-corrected chi connectivity index (χ4v) is 2.95. The molecule has 1 aromatic carbocycles. The number of halogens is 2. The number of aromatic nitrogens is 2. The van der Waals surface area contributed by atoms with Gasteiger partial charge in [0.1, 0.15) is 22.7 Å². The minimum Gasteiger partial charge on any atom is -0.379 e. The summed E-state index contributed by atoms with van der Waals surface area (Å²) in [5.41, 5.74) is 7.55. The highest BCUT2D eigenvalue weighted by Crippen LogP contribution is 2.36. The SMILES string of the molecule is Cc1cccc(/C(N)=N/OC(=O)c2c(-c3c(Cl)cccc3Cl)noc2C)n1. The van der Waals surface area contributed by atoms with E-state index in [9.17, 15) is 4.79 Å². The number of benzene rings is 1. The molecule has 7 nitrogen and oxygen atoms in total. The second kappa shape index (κ2) is 7.77. The number of nitrogens with two attached hydrogens (primary N) is 1. The Hall–Kier alpha value is -2.90. The largest absolute Gasteiger partial charge is 0.379 e. The van der Waals surface area contributed by atoms with Gasteiger partial charge < -0.3 is 15.1 Å². The van der Waals surface area contributed by atoms with Crippen molar-refractivity contribution in [2.24, 2.45) is 10.9 Å². The third kappa shape index (κ3) is 3.94. The summed E-state index contributed by atoms with van der Waals surface area (Å²) in [5.74, 6) is -0.623. The number of nitrogens with zero attached hydrogens (tertiary/aromatic N) is 3. The summed E-state index contributed by atoms with van der Waals surface area (Å²) in [6, 6.07) is 10.2. The van der Waals surface area contributed by atoms with Gasteiger partial charge in [-0.1, -0.05) is 45.6 Å². The van der Waals surface area contributed by atoms with E-state index in [2.05, 4.69) is 15.3 Å². The molecule has 0 fully saturated rings. The van der Waals surface area contributed by atoms with Gasteiger partial charge in [-0.15, -0.1) is 0 Å². The van der Waals surface area contributed by atoms with Crippen LogP contribution in [0.15, 0.2) is 46.1 Å². The van der Waals surface area contributed by atoms with Crippen LogP contribution in [-0.2, 0) is 4.84 Å². The molecule has 0 bridgehead atoms. The number of pyridine rings is 1. The lowest BCUT2D eigenvalue weighted by atomic mass is 10.1. The zero-order valence-corrected chi connectivity index (χ0v) is 15.9. The third-order valence-electron chi connectivity index (χ3n) is 3.64. The Morgan fingerprint density at radius 3 is 2.48 bits per heavy atom. The highest BCUT2D eigenvalue weighted by molar-refractivity contribution is 6.39. The fraction of sp³-hybridized carbons (Fsp3) is 0.111. The van der Waals surface area contributed by atoms with Gasteiger partial charge in [-0.05, 0) is 38.1 Å². The van der Waals surface area contributed by atoms with Crippen molar-refractivity contribution >= 4 is 35.0 Å². The van der Waals surface area contributed by atoms with Gasteiger partial charge in [-0.3, -0.25) is 0 Å². The van der Waals surface area contributed by atoms with Gasteiger partial charge in [0.25, 0.3) is 0 Å². The van der Waals surface area contributed by atoms with Gasteiger partial charge in [0.05, 0.1) is 10.0 Å². The van der Waals surface area contributed by atoms with Gasteiger partial charge in [-0.2, -0.15) is 0 Å². The highest BCUT2D eigenvalue weighted by Gasteiger charge is 2.26. The van der Waals surface area contributed by atoms with Crippen LogP contribution in [0.25, 0.3) is 11.3 Å². The van der Waals surface area contributed by atoms with E-state index in [0.717, 1.165) is 5.69 Å². The Labute approximate surface area is 164 Å². The van der Waals surface area contributed by atoms with Crippen molar-refractivity contribution in [2.75, 3.05) is 0 Å². The standard InChI is InChI=1S/C18H14Cl2N4O3/c1-9-5-3-8-13(22-9)17(21)24-27-18(25)14-10(2)26-23-16(14)15-11(19)6-4-7-12(15)20/h3-8H,1-2H3,(H2,21,24). The minimum absolute atomic E-state index is 0.0431. The van der Waals surface area contributed by atoms with E-state index in [1.54, 1.807) is 37.3 Å². The van der Waals surface area contributed by atoms with Crippen molar-refractivity contribution < 1.29 is 14.2 Å². The molecule has 0 atom stereocenters. The van der Waals surface area contributed by atoms with E-state index in [1.165, 1.54) is 0 Å². The van der Waals surface area contributed by atoms with Crippen molar-refractivity contribution in [1.29, 1.82) is 0 Å². The quantitative estimate of drug-likeness (QED) is 0.303. The lowest BCUT2D eigenvalue weighted by Crippen LogP contribution is -2.17. The van der Waals surface area contributed by atoms with E-state index in [1.807, 2.05) is 13.0 Å². The summed E-state index contributed by atoms with van der Waals surface area (Å²) in [7, 11) is 0. The molecule has 2 aromatic heterocycles. The van der Waals surface area contributed by atoms with Crippen LogP contribution in [0.1, 0.15) is 27.5 Å². The Morgan fingerprint density at radius 2 is 1.81 bits per heavy atom. The molecule has 2 heterocycles. The lowest BCUT2D eigenvalue weighted by Gasteiger charge is -2.05. The van der Waals surface area contributed by atoms with E-state index < -0.39 is 5.97 Å². The molecule has 3 aromatic rings. The number of hydrogen-bond donors (Lipinski definition) is 1. The molecule has 0 amide bonds. The molecule has 27 heavy (non-hydrogen) atoms. The first-order valence-corrected chi connectivity index (χ1v) is 8.53. The van der Waals surface area contributed by atoms with Crippen LogP contribution >= 0.6 is 23.2 Å². The Kier molecular flexibility index (Phi) is 5.43. The van der Waals surface area contributed by atoms with Gasteiger partial charge in [0.2, 0.25) is 0 Å². The van der Waals surface area contributed by atoms with Crippen molar-refractivity contribution in [1.82, 2.24) is 10.1 Å². The first-order valence-electron chi connectivity index (χ1n) is 7.78. The average Bonchev–Trinajstić information content (AvgIpc) is 3.00. The van der Waals surface area contributed by atoms with Gasteiger partial charge >= 0.3 is 5.97 Å². The molecule has 0 saturated heterocycles. The maximum atomic E-state index is 12.6. The summed E-state index contributed by atoms with van der Waals surface area (Å²) in [4.78, 5) is 21.7. The number of carbonyl (C=O) groups is 1. The molecule has 0 spiro atoms. The molecule has 2 N–H and O–H groups in total. The molecule has 3 rings (SSSR count). The second-order valence-electron chi connectivity index (χ2n) is 5.58. The first-order chi connectivity index (χ1) is 12.9.